The minimum Gasteiger partial charge on any atom is -0.419 e. The van der Waals surface area contributed by atoms with Crippen LogP contribution in [-0.4, -0.2) is 25.9 Å². The van der Waals surface area contributed by atoms with Gasteiger partial charge in [0.1, 0.15) is 11.5 Å². The number of nitrogens with one attached hydrogen (secondary N) is 1. The molecule has 4 rings (SSSR count). The predicted molar refractivity (Wildman–Crippen MR) is 99.2 cm³/mol. The molecule has 0 saturated carbocycles. The minimum absolute atomic E-state index is 0.0598. The van der Waals surface area contributed by atoms with Crippen molar-refractivity contribution in [3.8, 4) is 17.1 Å². The molecule has 0 aliphatic heterocycles. The summed E-state index contributed by atoms with van der Waals surface area (Å²) in [5, 5.41) is 14.8. The molecule has 4 aromatic rings. The molecular weight excluding hydrogens is 361 g/mol. The Hall–Kier alpha value is -3.81. The van der Waals surface area contributed by atoms with Crippen LogP contribution in [0.1, 0.15) is 22.1 Å². The Balaban J connectivity index is 1.46. The molecule has 0 aliphatic rings. The van der Waals surface area contributed by atoms with Crippen LogP contribution < -0.4 is 5.32 Å². The van der Waals surface area contributed by atoms with Gasteiger partial charge < -0.3 is 9.73 Å². The van der Waals surface area contributed by atoms with Crippen molar-refractivity contribution in [2.24, 2.45) is 0 Å². The maximum absolute atomic E-state index is 14.0. The van der Waals surface area contributed by atoms with Gasteiger partial charge in [-0.05, 0) is 37.3 Å². The normalized spacial score (nSPS) is 10.8. The number of aryl methyl sites for hydroxylation is 1. The molecule has 8 heteroatoms. The number of amides is 1. The van der Waals surface area contributed by atoms with Crippen molar-refractivity contribution in [1.82, 2.24) is 25.3 Å². The highest BCUT2D eigenvalue weighted by Gasteiger charge is 2.16. The number of halogens is 1. The second kappa shape index (κ2) is 7.43. The Labute approximate surface area is 159 Å². The fraction of sp³-hybridized carbons (Fsp3) is 0.100. The number of benzene rings is 2. The van der Waals surface area contributed by atoms with Crippen LogP contribution in [-0.2, 0) is 6.54 Å². The number of hydrogen-bond donors (Lipinski definition) is 1. The average Bonchev–Trinajstić information content (AvgIpc) is 3.34. The molecule has 140 valence electrons. The van der Waals surface area contributed by atoms with E-state index >= 15 is 0 Å². The van der Waals surface area contributed by atoms with Gasteiger partial charge in [-0.3, -0.25) is 4.79 Å². The fourth-order valence-electron chi connectivity index (χ4n) is 2.72. The van der Waals surface area contributed by atoms with Gasteiger partial charge in [0, 0.05) is 11.3 Å². The van der Waals surface area contributed by atoms with Gasteiger partial charge in [-0.15, -0.1) is 10.2 Å². The second-order valence-electron chi connectivity index (χ2n) is 6.08. The molecule has 0 unspecified atom stereocenters. The van der Waals surface area contributed by atoms with E-state index in [0.717, 1.165) is 5.56 Å². The number of rotatable bonds is 5. The summed E-state index contributed by atoms with van der Waals surface area (Å²) >= 11 is 0. The molecule has 2 heterocycles. The lowest BCUT2D eigenvalue weighted by atomic mass is 10.2. The molecular formula is C20H16FN5O2. The Kier molecular flexibility index (Phi) is 4.67. The van der Waals surface area contributed by atoms with Crippen LogP contribution in [0.25, 0.3) is 17.1 Å². The number of para-hydroxylation sites is 1. The van der Waals surface area contributed by atoms with Crippen molar-refractivity contribution in [3.63, 3.8) is 0 Å². The number of aromatic nitrogens is 4. The van der Waals surface area contributed by atoms with Crippen molar-refractivity contribution >= 4 is 5.91 Å². The van der Waals surface area contributed by atoms with Gasteiger partial charge in [0.05, 0.1) is 6.54 Å². The summed E-state index contributed by atoms with van der Waals surface area (Å²) in [6.07, 6.45) is 0. The van der Waals surface area contributed by atoms with E-state index in [9.17, 15) is 9.18 Å². The van der Waals surface area contributed by atoms with Crippen molar-refractivity contribution in [1.29, 1.82) is 0 Å². The third-order valence-corrected chi connectivity index (χ3v) is 4.09. The fourth-order valence-corrected chi connectivity index (χ4v) is 2.72. The first kappa shape index (κ1) is 17.6. The summed E-state index contributed by atoms with van der Waals surface area (Å²) < 4.78 is 20.9. The van der Waals surface area contributed by atoms with Crippen LogP contribution in [0.15, 0.2) is 65.1 Å². The van der Waals surface area contributed by atoms with E-state index in [4.69, 9.17) is 4.42 Å². The lowest BCUT2D eigenvalue weighted by Gasteiger charge is -2.04. The molecule has 0 saturated heterocycles. The molecule has 0 spiro atoms. The topological polar surface area (TPSA) is 85.8 Å². The lowest BCUT2D eigenvalue weighted by Crippen LogP contribution is -2.23. The standard InChI is InChI=1S/C20H16FN5O2/c1-13-11-16(25-26(13)17-10-6-5-9-15(17)21)19(27)22-12-18-23-24-20(28-18)14-7-3-2-4-8-14/h2-11H,12H2,1H3,(H,22,27). The van der Waals surface area contributed by atoms with E-state index in [1.807, 2.05) is 30.3 Å². The Bertz CT molecular complexity index is 1120. The van der Waals surface area contributed by atoms with Crippen LogP contribution in [0.3, 0.4) is 0 Å². The third-order valence-electron chi connectivity index (χ3n) is 4.09. The highest BCUT2D eigenvalue weighted by Crippen LogP contribution is 2.17. The summed E-state index contributed by atoms with van der Waals surface area (Å²) in [6.45, 7) is 1.81. The first-order chi connectivity index (χ1) is 13.6. The first-order valence-corrected chi connectivity index (χ1v) is 8.59. The summed E-state index contributed by atoms with van der Waals surface area (Å²) in [4.78, 5) is 12.4. The van der Waals surface area contributed by atoms with Crippen molar-refractivity contribution in [3.05, 3.63) is 83.8 Å². The largest absolute Gasteiger partial charge is 0.419 e. The maximum atomic E-state index is 14.0. The van der Waals surface area contributed by atoms with E-state index < -0.39 is 11.7 Å². The molecule has 0 fully saturated rings. The lowest BCUT2D eigenvalue weighted by molar-refractivity contribution is 0.0942. The number of carbonyl (C=O) groups is 1. The molecule has 2 aromatic carbocycles. The Morgan fingerprint density at radius 1 is 1.11 bits per heavy atom. The molecule has 0 aliphatic carbocycles. The molecule has 1 N–H and O–H groups in total. The Morgan fingerprint density at radius 3 is 2.64 bits per heavy atom. The molecule has 28 heavy (non-hydrogen) atoms. The molecule has 1 amide bonds. The minimum atomic E-state index is -0.419. The highest BCUT2D eigenvalue weighted by molar-refractivity contribution is 5.92. The van der Waals surface area contributed by atoms with Crippen LogP contribution in [0.5, 0.6) is 0 Å². The number of nitrogens with zero attached hydrogens (tertiary/aromatic N) is 4. The smallest absolute Gasteiger partial charge is 0.272 e. The van der Waals surface area contributed by atoms with E-state index in [1.54, 1.807) is 31.2 Å². The summed E-state index contributed by atoms with van der Waals surface area (Å²) in [5.41, 5.74) is 1.89. The van der Waals surface area contributed by atoms with Gasteiger partial charge >= 0.3 is 0 Å². The molecule has 7 nitrogen and oxygen atoms in total. The van der Waals surface area contributed by atoms with Crippen LogP contribution >= 0.6 is 0 Å². The van der Waals surface area contributed by atoms with Crippen LogP contribution in [0, 0.1) is 12.7 Å². The van der Waals surface area contributed by atoms with Crippen molar-refractivity contribution in [2.75, 3.05) is 0 Å². The van der Waals surface area contributed by atoms with Gasteiger partial charge in [0.25, 0.3) is 5.91 Å². The zero-order chi connectivity index (χ0) is 19.5. The SMILES string of the molecule is Cc1cc(C(=O)NCc2nnc(-c3ccccc3)o2)nn1-c1ccccc1F. The van der Waals surface area contributed by atoms with Gasteiger partial charge in [-0.1, -0.05) is 30.3 Å². The van der Waals surface area contributed by atoms with Crippen molar-refractivity contribution < 1.29 is 13.6 Å². The zero-order valence-electron chi connectivity index (χ0n) is 15.0. The molecule has 0 atom stereocenters. The molecule has 2 aromatic heterocycles. The van der Waals surface area contributed by atoms with E-state index in [0.29, 0.717) is 11.6 Å². The summed E-state index contributed by atoms with van der Waals surface area (Å²) in [5.74, 6) is -0.181. The van der Waals surface area contributed by atoms with E-state index in [2.05, 4.69) is 20.6 Å². The number of hydrogen-bond acceptors (Lipinski definition) is 5. The maximum Gasteiger partial charge on any atom is 0.272 e. The average molecular weight is 377 g/mol. The van der Waals surface area contributed by atoms with Gasteiger partial charge in [0.2, 0.25) is 11.8 Å². The van der Waals surface area contributed by atoms with Gasteiger partial charge in [0.15, 0.2) is 5.69 Å². The summed E-state index contributed by atoms with van der Waals surface area (Å²) in [7, 11) is 0. The zero-order valence-corrected chi connectivity index (χ0v) is 15.0. The van der Waals surface area contributed by atoms with Crippen LogP contribution in [0.4, 0.5) is 4.39 Å². The van der Waals surface area contributed by atoms with Crippen molar-refractivity contribution in [2.45, 2.75) is 13.5 Å². The monoisotopic (exact) mass is 377 g/mol. The first-order valence-electron chi connectivity index (χ1n) is 8.59. The third kappa shape index (κ3) is 3.52. The number of carbonyl (C=O) groups excluding carboxylic acids is 1. The summed E-state index contributed by atoms with van der Waals surface area (Å²) in [6, 6.07) is 17.2. The predicted octanol–water partition coefficient (Wildman–Crippen LogP) is 3.30. The molecule has 0 bridgehead atoms. The highest BCUT2D eigenvalue weighted by atomic mass is 19.1. The van der Waals surface area contributed by atoms with E-state index in [1.165, 1.54) is 10.7 Å². The van der Waals surface area contributed by atoms with Gasteiger partial charge in [-0.2, -0.15) is 5.10 Å². The quantitative estimate of drug-likeness (QED) is 0.577. The Morgan fingerprint density at radius 2 is 1.86 bits per heavy atom. The van der Waals surface area contributed by atoms with Crippen LogP contribution in [0.2, 0.25) is 0 Å². The van der Waals surface area contributed by atoms with Gasteiger partial charge in [-0.25, -0.2) is 9.07 Å². The van der Waals surface area contributed by atoms with E-state index in [-0.39, 0.29) is 23.8 Å². The molecule has 0 radical (unpaired) electrons. The second-order valence-corrected chi connectivity index (χ2v) is 6.08.